The Morgan fingerprint density at radius 2 is 1.86 bits per heavy atom. The molecule has 6 heteroatoms. The number of carbonyl (C=O) groups is 2. The average molecular weight is 319 g/mol. The molecule has 1 heterocycles. The Kier molecular flexibility index (Phi) is 5.49. The highest BCUT2D eigenvalue weighted by atomic mass is 35.5. The minimum atomic E-state index is -0.553. The average Bonchev–Trinajstić information content (AvgIpc) is 2.54. The minimum absolute atomic E-state index is 0.104. The van der Waals surface area contributed by atoms with E-state index in [1.165, 1.54) is 12.1 Å². The van der Waals surface area contributed by atoms with E-state index in [1.807, 2.05) is 18.2 Å². The number of nitrogens with zero attached hydrogens (tertiary/aromatic N) is 1. The fraction of sp³-hybridized carbons (Fsp3) is 0.188. The molecular formula is C16H15ClN2O3. The summed E-state index contributed by atoms with van der Waals surface area (Å²) in [5.41, 5.74) is 1.06. The van der Waals surface area contributed by atoms with Gasteiger partial charge in [0.05, 0.1) is 6.61 Å². The van der Waals surface area contributed by atoms with Gasteiger partial charge in [0.25, 0.3) is 5.91 Å². The fourth-order valence-electron chi connectivity index (χ4n) is 1.79. The van der Waals surface area contributed by atoms with Crippen molar-refractivity contribution in [3.63, 3.8) is 0 Å². The van der Waals surface area contributed by atoms with Crippen LogP contribution in [0.15, 0.2) is 42.5 Å². The number of rotatable bonds is 5. The molecule has 0 atom stereocenters. The quantitative estimate of drug-likeness (QED) is 0.861. The van der Waals surface area contributed by atoms with Crippen LogP contribution < -0.4 is 5.32 Å². The summed E-state index contributed by atoms with van der Waals surface area (Å²) in [6.45, 7) is 2.24. The van der Waals surface area contributed by atoms with E-state index in [0.717, 1.165) is 5.56 Å². The summed E-state index contributed by atoms with van der Waals surface area (Å²) < 4.78 is 4.86. The summed E-state index contributed by atoms with van der Waals surface area (Å²) in [5.74, 6) is -0.936. The highest BCUT2D eigenvalue weighted by molar-refractivity contribution is 6.31. The third-order valence-corrected chi connectivity index (χ3v) is 3.23. The van der Waals surface area contributed by atoms with E-state index in [2.05, 4.69) is 10.3 Å². The first-order valence-electron chi connectivity index (χ1n) is 6.77. The number of halogens is 1. The van der Waals surface area contributed by atoms with Crippen molar-refractivity contribution in [2.45, 2.75) is 13.5 Å². The molecule has 1 aromatic heterocycles. The highest BCUT2D eigenvalue weighted by Gasteiger charge is 2.13. The summed E-state index contributed by atoms with van der Waals surface area (Å²) >= 11 is 6.03. The van der Waals surface area contributed by atoms with Gasteiger partial charge in [-0.25, -0.2) is 9.78 Å². The van der Waals surface area contributed by atoms with E-state index in [0.29, 0.717) is 5.02 Å². The molecule has 114 valence electrons. The number of amides is 1. The van der Waals surface area contributed by atoms with E-state index < -0.39 is 5.97 Å². The molecular weight excluding hydrogens is 304 g/mol. The smallest absolute Gasteiger partial charge is 0.356 e. The number of pyridine rings is 1. The lowest BCUT2D eigenvalue weighted by Gasteiger charge is -2.07. The predicted octanol–water partition coefficient (Wildman–Crippen LogP) is 2.84. The monoisotopic (exact) mass is 318 g/mol. The molecule has 5 nitrogen and oxygen atoms in total. The zero-order valence-corrected chi connectivity index (χ0v) is 12.8. The molecule has 0 aliphatic carbocycles. The van der Waals surface area contributed by atoms with Gasteiger partial charge in [0.2, 0.25) is 0 Å². The van der Waals surface area contributed by atoms with Gasteiger partial charge in [-0.3, -0.25) is 4.79 Å². The van der Waals surface area contributed by atoms with E-state index in [4.69, 9.17) is 16.3 Å². The van der Waals surface area contributed by atoms with Crippen molar-refractivity contribution in [3.05, 3.63) is 64.4 Å². The van der Waals surface area contributed by atoms with Crippen LogP contribution in [0.2, 0.25) is 5.02 Å². The first-order chi connectivity index (χ1) is 10.6. The van der Waals surface area contributed by atoms with Crippen LogP contribution in [0.5, 0.6) is 0 Å². The second-order valence-corrected chi connectivity index (χ2v) is 4.81. The molecule has 0 aliphatic rings. The van der Waals surface area contributed by atoms with Crippen LogP contribution in [0.4, 0.5) is 0 Å². The maximum atomic E-state index is 12.1. The summed E-state index contributed by atoms with van der Waals surface area (Å²) in [6, 6.07) is 11.9. The first-order valence-corrected chi connectivity index (χ1v) is 7.15. The Labute approximate surface area is 133 Å². The summed E-state index contributed by atoms with van der Waals surface area (Å²) in [5, 5.41) is 3.30. The maximum Gasteiger partial charge on any atom is 0.356 e. The molecule has 0 fully saturated rings. The number of hydrogen-bond donors (Lipinski definition) is 1. The topological polar surface area (TPSA) is 68.3 Å². The molecule has 0 aliphatic heterocycles. The molecule has 0 spiro atoms. The van der Waals surface area contributed by atoms with Crippen molar-refractivity contribution in [1.29, 1.82) is 0 Å². The number of hydrogen-bond acceptors (Lipinski definition) is 4. The zero-order chi connectivity index (χ0) is 15.9. The van der Waals surface area contributed by atoms with E-state index in [1.54, 1.807) is 19.1 Å². The standard InChI is InChI=1S/C16H15ClN2O3/c1-2-22-16(21)14-9-5-8-13(19-14)15(20)18-10-11-6-3-4-7-12(11)17/h3-9H,2,10H2,1H3,(H,18,20). The van der Waals surface area contributed by atoms with Crippen molar-refractivity contribution in [1.82, 2.24) is 10.3 Å². The molecule has 0 saturated heterocycles. The number of ether oxygens (including phenoxy) is 1. The van der Waals surface area contributed by atoms with Crippen LogP contribution in [0, 0.1) is 0 Å². The number of aromatic nitrogens is 1. The maximum absolute atomic E-state index is 12.1. The van der Waals surface area contributed by atoms with Crippen molar-refractivity contribution < 1.29 is 14.3 Å². The fourth-order valence-corrected chi connectivity index (χ4v) is 1.99. The lowest BCUT2D eigenvalue weighted by molar-refractivity contribution is 0.0519. The van der Waals surface area contributed by atoms with Crippen LogP contribution in [0.3, 0.4) is 0 Å². The molecule has 2 rings (SSSR count). The Bertz CT molecular complexity index is 689. The Hall–Kier alpha value is -2.40. The molecule has 0 saturated carbocycles. The Morgan fingerprint density at radius 3 is 2.59 bits per heavy atom. The molecule has 1 amide bonds. The van der Waals surface area contributed by atoms with Crippen LogP contribution in [0.25, 0.3) is 0 Å². The van der Waals surface area contributed by atoms with E-state index >= 15 is 0 Å². The lowest BCUT2D eigenvalue weighted by Crippen LogP contribution is -2.24. The van der Waals surface area contributed by atoms with Crippen molar-refractivity contribution in [2.75, 3.05) is 6.61 Å². The lowest BCUT2D eigenvalue weighted by atomic mass is 10.2. The van der Waals surface area contributed by atoms with Gasteiger partial charge in [0.15, 0.2) is 0 Å². The number of carbonyl (C=O) groups excluding carboxylic acids is 2. The van der Waals surface area contributed by atoms with Crippen LogP contribution in [-0.2, 0) is 11.3 Å². The van der Waals surface area contributed by atoms with Gasteiger partial charge in [0, 0.05) is 11.6 Å². The van der Waals surface area contributed by atoms with Crippen LogP contribution in [-0.4, -0.2) is 23.5 Å². The van der Waals surface area contributed by atoms with Crippen LogP contribution in [0.1, 0.15) is 33.5 Å². The minimum Gasteiger partial charge on any atom is -0.461 e. The van der Waals surface area contributed by atoms with Gasteiger partial charge in [-0.05, 0) is 30.7 Å². The Balaban J connectivity index is 2.05. The SMILES string of the molecule is CCOC(=O)c1cccc(C(=O)NCc2ccccc2Cl)n1. The summed E-state index contributed by atoms with van der Waals surface area (Å²) in [6.07, 6.45) is 0. The van der Waals surface area contributed by atoms with Crippen LogP contribution >= 0.6 is 11.6 Å². The van der Waals surface area contributed by atoms with Gasteiger partial charge >= 0.3 is 5.97 Å². The summed E-state index contributed by atoms with van der Waals surface area (Å²) in [7, 11) is 0. The molecule has 0 unspecified atom stereocenters. The van der Waals surface area contributed by atoms with Gasteiger partial charge in [-0.15, -0.1) is 0 Å². The highest BCUT2D eigenvalue weighted by Crippen LogP contribution is 2.14. The number of nitrogens with one attached hydrogen (secondary N) is 1. The van der Waals surface area contributed by atoms with Gasteiger partial charge in [0.1, 0.15) is 11.4 Å². The molecule has 0 bridgehead atoms. The van der Waals surface area contributed by atoms with Crippen molar-refractivity contribution >= 4 is 23.5 Å². The molecule has 0 radical (unpaired) electrons. The molecule has 1 N–H and O–H groups in total. The number of benzene rings is 1. The van der Waals surface area contributed by atoms with E-state index in [9.17, 15) is 9.59 Å². The second kappa shape index (κ2) is 7.56. The normalized spacial score (nSPS) is 10.1. The largest absolute Gasteiger partial charge is 0.461 e. The molecule has 1 aromatic carbocycles. The number of esters is 1. The van der Waals surface area contributed by atoms with E-state index in [-0.39, 0.29) is 30.4 Å². The van der Waals surface area contributed by atoms with Crippen molar-refractivity contribution in [2.24, 2.45) is 0 Å². The third kappa shape index (κ3) is 4.05. The van der Waals surface area contributed by atoms with Gasteiger partial charge in [-0.2, -0.15) is 0 Å². The summed E-state index contributed by atoms with van der Waals surface area (Å²) in [4.78, 5) is 27.7. The third-order valence-electron chi connectivity index (χ3n) is 2.86. The Morgan fingerprint density at radius 1 is 1.14 bits per heavy atom. The molecule has 22 heavy (non-hydrogen) atoms. The van der Waals surface area contributed by atoms with Crippen molar-refractivity contribution in [3.8, 4) is 0 Å². The van der Waals surface area contributed by atoms with Gasteiger partial charge < -0.3 is 10.1 Å². The van der Waals surface area contributed by atoms with Gasteiger partial charge in [-0.1, -0.05) is 35.9 Å². The first kappa shape index (κ1) is 16.0. The molecule has 2 aromatic rings. The zero-order valence-electron chi connectivity index (χ0n) is 12.0. The second-order valence-electron chi connectivity index (χ2n) is 4.40. The predicted molar refractivity (Wildman–Crippen MR) is 82.8 cm³/mol.